The fourth-order valence-corrected chi connectivity index (χ4v) is 8.70. The molecule has 7 aromatic carbocycles. The smallest absolute Gasteiger partial charge is 0.160 e. The summed E-state index contributed by atoms with van der Waals surface area (Å²) in [5, 5.41) is 5.75. The molecular weight excluding hydrogens is 627 g/mol. The third-order valence-electron chi connectivity index (χ3n) is 10.3. The van der Waals surface area contributed by atoms with Crippen LogP contribution < -0.4 is 0 Å². The average molecular weight is 658 g/mol. The second kappa shape index (κ2) is 11.0. The highest BCUT2D eigenvalue weighted by molar-refractivity contribution is 7.21. The number of rotatable bonds is 4. The third-order valence-corrected chi connectivity index (χ3v) is 11.4. The van der Waals surface area contributed by atoms with Gasteiger partial charge in [-0.1, -0.05) is 141 Å². The van der Waals surface area contributed by atoms with Gasteiger partial charge in [-0.05, 0) is 62.7 Å². The summed E-state index contributed by atoms with van der Waals surface area (Å²) in [7, 11) is 0. The predicted molar refractivity (Wildman–Crippen MR) is 210 cm³/mol. The molecule has 0 saturated carbocycles. The van der Waals surface area contributed by atoms with E-state index in [4.69, 9.17) is 15.0 Å². The van der Waals surface area contributed by atoms with E-state index in [1.165, 1.54) is 48.7 Å². The normalized spacial score (nSPS) is 13.2. The summed E-state index contributed by atoms with van der Waals surface area (Å²) in [6.45, 7) is 4.66. The zero-order valence-corrected chi connectivity index (χ0v) is 28.5. The SMILES string of the molecule is CC1(C)c2ccccc2-c2ccc(-c3nc4c(ccc5ccc6cc(-c7nc(-c8ccccc8)cc(-c8ccccc8)n7)ccc6c54)s3)cc21. The van der Waals surface area contributed by atoms with E-state index in [0.29, 0.717) is 5.82 Å². The lowest BCUT2D eigenvalue weighted by Crippen LogP contribution is -2.14. The summed E-state index contributed by atoms with van der Waals surface area (Å²) in [5.41, 5.74) is 12.5. The minimum atomic E-state index is -0.0502. The van der Waals surface area contributed by atoms with Gasteiger partial charge in [0.2, 0.25) is 0 Å². The van der Waals surface area contributed by atoms with Gasteiger partial charge in [0.15, 0.2) is 5.82 Å². The lowest BCUT2D eigenvalue weighted by atomic mass is 9.82. The largest absolute Gasteiger partial charge is 0.235 e. The Labute approximate surface area is 294 Å². The van der Waals surface area contributed by atoms with E-state index in [2.05, 4.69) is 153 Å². The summed E-state index contributed by atoms with van der Waals surface area (Å²) in [6, 6.07) is 53.9. The van der Waals surface area contributed by atoms with E-state index < -0.39 is 0 Å². The van der Waals surface area contributed by atoms with Crippen molar-refractivity contribution in [2.75, 3.05) is 0 Å². The molecule has 0 saturated heterocycles. The zero-order valence-electron chi connectivity index (χ0n) is 27.7. The maximum atomic E-state index is 5.35. The first kappa shape index (κ1) is 29.0. The van der Waals surface area contributed by atoms with Crippen molar-refractivity contribution in [3.63, 3.8) is 0 Å². The van der Waals surface area contributed by atoms with Crippen molar-refractivity contribution < 1.29 is 0 Å². The molecule has 9 aromatic rings. The van der Waals surface area contributed by atoms with Gasteiger partial charge >= 0.3 is 0 Å². The maximum Gasteiger partial charge on any atom is 0.160 e. The van der Waals surface area contributed by atoms with Gasteiger partial charge in [0, 0.05) is 33.1 Å². The number of benzene rings is 7. The second-order valence-electron chi connectivity index (χ2n) is 13.7. The Morgan fingerprint density at radius 2 is 1.12 bits per heavy atom. The molecule has 3 nitrogen and oxygen atoms in total. The van der Waals surface area contributed by atoms with Crippen molar-refractivity contribution in [1.82, 2.24) is 15.0 Å². The van der Waals surface area contributed by atoms with Crippen molar-refractivity contribution >= 4 is 43.1 Å². The molecule has 50 heavy (non-hydrogen) atoms. The number of fused-ring (bicyclic) bond motifs is 8. The Morgan fingerprint density at radius 1 is 0.480 bits per heavy atom. The molecule has 4 heteroatoms. The molecule has 0 radical (unpaired) electrons. The van der Waals surface area contributed by atoms with Crippen molar-refractivity contribution in [2.24, 2.45) is 0 Å². The number of hydrogen-bond donors (Lipinski definition) is 0. The minimum Gasteiger partial charge on any atom is -0.235 e. The average Bonchev–Trinajstić information content (AvgIpc) is 3.71. The molecule has 0 amide bonds. The second-order valence-corrected chi connectivity index (χ2v) is 14.7. The summed E-state index contributed by atoms with van der Waals surface area (Å²) in [5.74, 6) is 0.711. The summed E-state index contributed by atoms with van der Waals surface area (Å²) in [6.07, 6.45) is 0. The molecule has 0 aliphatic heterocycles. The Hall–Kier alpha value is -5.97. The van der Waals surface area contributed by atoms with Crippen LogP contribution in [0.1, 0.15) is 25.0 Å². The fraction of sp³-hybridized carbons (Fsp3) is 0.0652. The van der Waals surface area contributed by atoms with Gasteiger partial charge in [0.05, 0.1) is 21.6 Å². The Morgan fingerprint density at radius 3 is 1.88 bits per heavy atom. The Kier molecular flexibility index (Phi) is 6.39. The molecule has 1 aliphatic rings. The van der Waals surface area contributed by atoms with E-state index in [0.717, 1.165) is 44.0 Å². The van der Waals surface area contributed by atoms with Gasteiger partial charge in [0.25, 0.3) is 0 Å². The third kappa shape index (κ3) is 4.53. The molecule has 10 rings (SSSR count). The van der Waals surface area contributed by atoms with Gasteiger partial charge < -0.3 is 0 Å². The van der Waals surface area contributed by atoms with E-state index in [-0.39, 0.29) is 5.41 Å². The molecule has 2 heterocycles. The van der Waals surface area contributed by atoms with E-state index in [1.807, 2.05) is 12.1 Å². The number of aromatic nitrogens is 3. The summed E-state index contributed by atoms with van der Waals surface area (Å²) >= 11 is 1.77. The van der Waals surface area contributed by atoms with E-state index >= 15 is 0 Å². The Balaban J connectivity index is 1.10. The van der Waals surface area contributed by atoms with Crippen molar-refractivity contribution in [3.05, 3.63) is 163 Å². The van der Waals surface area contributed by atoms with Crippen molar-refractivity contribution in [3.8, 4) is 55.6 Å². The van der Waals surface area contributed by atoms with Gasteiger partial charge in [-0.15, -0.1) is 11.3 Å². The van der Waals surface area contributed by atoms with E-state index in [1.54, 1.807) is 11.3 Å². The first-order valence-electron chi connectivity index (χ1n) is 17.0. The van der Waals surface area contributed by atoms with Crippen LogP contribution in [0.2, 0.25) is 0 Å². The van der Waals surface area contributed by atoms with Crippen LogP contribution in [-0.4, -0.2) is 15.0 Å². The Bertz CT molecular complexity index is 2720. The molecule has 0 N–H and O–H groups in total. The first-order valence-corrected chi connectivity index (χ1v) is 17.8. The van der Waals surface area contributed by atoms with Gasteiger partial charge in [-0.25, -0.2) is 15.0 Å². The lowest BCUT2D eigenvalue weighted by Gasteiger charge is -2.21. The topological polar surface area (TPSA) is 38.7 Å². The van der Waals surface area contributed by atoms with Crippen LogP contribution in [0.5, 0.6) is 0 Å². The van der Waals surface area contributed by atoms with E-state index in [9.17, 15) is 0 Å². The van der Waals surface area contributed by atoms with Gasteiger partial charge in [-0.2, -0.15) is 0 Å². The highest BCUT2D eigenvalue weighted by atomic mass is 32.1. The molecule has 0 spiro atoms. The van der Waals surface area contributed by atoms with Crippen LogP contribution in [0.25, 0.3) is 87.4 Å². The number of nitrogens with zero attached hydrogens (tertiary/aromatic N) is 3. The molecule has 0 fully saturated rings. The van der Waals surface area contributed by atoms with Crippen LogP contribution in [0.3, 0.4) is 0 Å². The summed E-state index contributed by atoms with van der Waals surface area (Å²) < 4.78 is 1.19. The quantitative estimate of drug-likeness (QED) is 0.177. The molecule has 0 atom stereocenters. The van der Waals surface area contributed by atoms with Crippen molar-refractivity contribution in [1.29, 1.82) is 0 Å². The first-order chi connectivity index (χ1) is 24.5. The number of thiazole rings is 1. The molecule has 0 unspecified atom stereocenters. The standard InChI is InChI=1S/C46H31N3S/c1-46(2)37-16-10-9-15-35(37)36-23-20-33(26-38(36)46)45-49-43-41(50-45)24-21-30-17-18-31-25-32(19-22-34(31)42(30)43)44-47-39(28-11-5-3-6-12-28)27-40(48-44)29-13-7-4-8-14-29/h3-27H,1-2H3. The number of hydrogen-bond acceptors (Lipinski definition) is 4. The molecule has 0 bridgehead atoms. The molecule has 2 aromatic heterocycles. The highest BCUT2D eigenvalue weighted by Gasteiger charge is 2.35. The molecular formula is C46H31N3S. The fourth-order valence-electron chi connectivity index (χ4n) is 7.73. The van der Waals surface area contributed by atoms with Gasteiger partial charge in [-0.3, -0.25) is 0 Å². The summed E-state index contributed by atoms with van der Waals surface area (Å²) in [4.78, 5) is 15.5. The van der Waals surface area contributed by atoms with Gasteiger partial charge in [0.1, 0.15) is 5.01 Å². The lowest BCUT2D eigenvalue weighted by molar-refractivity contribution is 0.660. The highest BCUT2D eigenvalue weighted by Crippen LogP contribution is 2.50. The monoisotopic (exact) mass is 657 g/mol. The van der Waals surface area contributed by atoms with Crippen LogP contribution in [0, 0.1) is 0 Å². The van der Waals surface area contributed by atoms with Crippen LogP contribution in [0.4, 0.5) is 0 Å². The minimum absolute atomic E-state index is 0.0502. The molecule has 236 valence electrons. The maximum absolute atomic E-state index is 5.35. The van der Waals surface area contributed by atoms with Crippen LogP contribution in [0.15, 0.2) is 152 Å². The predicted octanol–water partition coefficient (Wildman–Crippen LogP) is 12.4. The van der Waals surface area contributed by atoms with Crippen molar-refractivity contribution in [2.45, 2.75) is 19.3 Å². The zero-order chi connectivity index (χ0) is 33.4. The van der Waals surface area contributed by atoms with Crippen LogP contribution in [-0.2, 0) is 5.41 Å². The van der Waals surface area contributed by atoms with Crippen LogP contribution >= 0.6 is 11.3 Å². The molecule has 1 aliphatic carbocycles.